The van der Waals surface area contributed by atoms with Crippen LogP contribution >= 0.6 is 11.6 Å². The highest BCUT2D eigenvalue weighted by Gasteiger charge is 2.34. The summed E-state index contributed by atoms with van der Waals surface area (Å²) in [7, 11) is 0. The third-order valence-electron chi connectivity index (χ3n) is 6.00. The van der Waals surface area contributed by atoms with Gasteiger partial charge in [0.05, 0.1) is 11.1 Å². The SMILES string of the molecule is O=C(C[C@H]1CC[C@H](c2ccnc3c(C(F)(F)F)cccc32)CC1)Nc1ccc(Cl)cc1. The Labute approximate surface area is 183 Å². The van der Waals surface area contributed by atoms with Gasteiger partial charge < -0.3 is 5.32 Å². The largest absolute Gasteiger partial charge is 0.418 e. The fraction of sp³-hybridized carbons (Fsp3) is 0.333. The van der Waals surface area contributed by atoms with Crippen molar-refractivity contribution in [3.8, 4) is 0 Å². The smallest absolute Gasteiger partial charge is 0.326 e. The van der Waals surface area contributed by atoms with E-state index < -0.39 is 11.7 Å². The fourth-order valence-electron chi connectivity index (χ4n) is 4.47. The van der Waals surface area contributed by atoms with Gasteiger partial charge in [0.2, 0.25) is 5.91 Å². The molecule has 31 heavy (non-hydrogen) atoms. The Bertz CT molecular complexity index is 1070. The van der Waals surface area contributed by atoms with E-state index in [0.29, 0.717) is 22.5 Å². The van der Waals surface area contributed by atoms with Gasteiger partial charge in [-0.2, -0.15) is 13.2 Å². The number of anilines is 1. The molecule has 1 saturated carbocycles. The molecule has 1 heterocycles. The summed E-state index contributed by atoms with van der Waals surface area (Å²) >= 11 is 5.86. The van der Waals surface area contributed by atoms with Crippen LogP contribution in [0.25, 0.3) is 10.9 Å². The van der Waals surface area contributed by atoms with Gasteiger partial charge in [0.1, 0.15) is 0 Å². The summed E-state index contributed by atoms with van der Waals surface area (Å²) in [5, 5.41) is 4.08. The minimum Gasteiger partial charge on any atom is -0.326 e. The van der Waals surface area contributed by atoms with Gasteiger partial charge in [0.25, 0.3) is 0 Å². The molecular weight excluding hydrogens is 425 g/mol. The average Bonchev–Trinajstić information content (AvgIpc) is 2.74. The highest BCUT2D eigenvalue weighted by Crippen LogP contribution is 2.41. The monoisotopic (exact) mass is 446 g/mol. The van der Waals surface area contributed by atoms with Crippen LogP contribution in [0.15, 0.2) is 54.7 Å². The van der Waals surface area contributed by atoms with E-state index in [-0.39, 0.29) is 23.3 Å². The van der Waals surface area contributed by atoms with Crippen LogP contribution in [0.1, 0.15) is 49.1 Å². The number of benzene rings is 2. The number of para-hydroxylation sites is 1. The van der Waals surface area contributed by atoms with Gasteiger partial charge in [0, 0.05) is 28.7 Å². The van der Waals surface area contributed by atoms with E-state index in [2.05, 4.69) is 10.3 Å². The number of rotatable bonds is 4. The van der Waals surface area contributed by atoms with Gasteiger partial charge in [-0.1, -0.05) is 23.7 Å². The number of alkyl halides is 3. The molecule has 3 aromatic rings. The lowest BCUT2D eigenvalue weighted by Gasteiger charge is -2.29. The van der Waals surface area contributed by atoms with Crippen LogP contribution in [0.3, 0.4) is 0 Å². The van der Waals surface area contributed by atoms with Crippen molar-refractivity contribution in [1.29, 1.82) is 0 Å². The fourth-order valence-corrected chi connectivity index (χ4v) is 4.59. The number of nitrogens with zero attached hydrogens (tertiary/aromatic N) is 1. The molecule has 162 valence electrons. The molecule has 0 atom stereocenters. The van der Waals surface area contributed by atoms with Gasteiger partial charge >= 0.3 is 6.18 Å². The topological polar surface area (TPSA) is 42.0 Å². The summed E-state index contributed by atoms with van der Waals surface area (Å²) in [6.07, 6.45) is 0.884. The van der Waals surface area contributed by atoms with Crippen molar-refractivity contribution in [2.24, 2.45) is 5.92 Å². The molecule has 1 aliphatic carbocycles. The minimum absolute atomic E-state index is 0.0111. The van der Waals surface area contributed by atoms with Crippen LogP contribution in [0, 0.1) is 5.92 Å². The molecule has 0 radical (unpaired) electrons. The number of carbonyl (C=O) groups is 1. The zero-order chi connectivity index (χ0) is 22.0. The number of hydrogen-bond acceptors (Lipinski definition) is 2. The number of carbonyl (C=O) groups excluding carboxylic acids is 1. The quantitative estimate of drug-likeness (QED) is 0.460. The Morgan fingerprint density at radius 2 is 1.74 bits per heavy atom. The lowest BCUT2D eigenvalue weighted by atomic mass is 9.76. The molecule has 1 amide bonds. The van der Waals surface area contributed by atoms with Crippen molar-refractivity contribution in [3.63, 3.8) is 0 Å². The molecule has 1 N–H and O–H groups in total. The number of halogens is 4. The molecule has 4 rings (SSSR count). The van der Waals surface area contributed by atoms with Crippen LogP contribution in [-0.2, 0) is 11.0 Å². The first-order valence-corrected chi connectivity index (χ1v) is 10.7. The molecule has 0 aliphatic heterocycles. The molecule has 1 aromatic heterocycles. The number of pyridine rings is 1. The molecule has 3 nitrogen and oxygen atoms in total. The normalized spacial score (nSPS) is 19.4. The lowest BCUT2D eigenvalue weighted by molar-refractivity contribution is -0.136. The third kappa shape index (κ3) is 5.01. The van der Waals surface area contributed by atoms with Crippen LogP contribution in [-0.4, -0.2) is 10.9 Å². The first kappa shape index (κ1) is 21.6. The lowest BCUT2D eigenvalue weighted by Crippen LogP contribution is -2.20. The molecular formula is C24H22ClF3N2O. The Morgan fingerprint density at radius 3 is 2.42 bits per heavy atom. The van der Waals surface area contributed by atoms with Gasteiger partial charge in [-0.25, -0.2) is 0 Å². The van der Waals surface area contributed by atoms with E-state index in [9.17, 15) is 18.0 Å². The number of aromatic nitrogens is 1. The highest BCUT2D eigenvalue weighted by molar-refractivity contribution is 6.30. The number of hydrogen-bond donors (Lipinski definition) is 1. The Hall–Kier alpha value is -2.60. The Balaban J connectivity index is 1.41. The number of fused-ring (bicyclic) bond motifs is 1. The second-order valence-electron chi connectivity index (χ2n) is 8.08. The van der Waals surface area contributed by atoms with Gasteiger partial charge in [0.15, 0.2) is 0 Å². The number of amides is 1. The average molecular weight is 447 g/mol. The molecule has 1 aliphatic rings. The second kappa shape index (κ2) is 8.87. The summed E-state index contributed by atoms with van der Waals surface area (Å²) < 4.78 is 40.1. The zero-order valence-corrected chi connectivity index (χ0v) is 17.5. The van der Waals surface area contributed by atoms with Crippen LogP contribution < -0.4 is 5.32 Å². The first-order chi connectivity index (χ1) is 14.8. The van der Waals surface area contributed by atoms with E-state index in [0.717, 1.165) is 37.3 Å². The minimum atomic E-state index is -4.43. The second-order valence-corrected chi connectivity index (χ2v) is 8.51. The summed E-state index contributed by atoms with van der Waals surface area (Å²) in [6, 6.07) is 13.1. The van der Waals surface area contributed by atoms with Crippen molar-refractivity contribution in [2.75, 3.05) is 5.32 Å². The molecule has 0 bridgehead atoms. The maximum absolute atomic E-state index is 13.4. The van der Waals surface area contributed by atoms with E-state index in [1.165, 1.54) is 12.3 Å². The predicted octanol–water partition coefficient (Wildman–Crippen LogP) is 7.21. The first-order valence-electron chi connectivity index (χ1n) is 10.3. The van der Waals surface area contributed by atoms with Crippen LogP contribution in [0.4, 0.5) is 18.9 Å². The Kier molecular flexibility index (Phi) is 6.19. The van der Waals surface area contributed by atoms with E-state index in [1.807, 2.05) is 6.07 Å². The summed E-state index contributed by atoms with van der Waals surface area (Å²) in [5.41, 5.74) is 0.948. The summed E-state index contributed by atoms with van der Waals surface area (Å²) in [4.78, 5) is 16.4. The van der Waals surface area contributed by atoms with E-state index >= 15 is 0 Å². The van der Waals surface area contributed by atoms with Gasteiger partial charge in [-0.3, -0.25) is 9.78 Å². The van der Waals surface area contributed by atoms with E-state index in [4.69, 9.17) is 11.6 Å². The van der Waals surface area contributed by atoms with Gasteiger partial charge in [-0.05, 0) is 79.5 Å². The van der Waals surface area contributed by atoms with Crippen molar-refractivity contribution >= 4 is 34.1 Å². The zero-order valence-electron chi connectivity index (χ0n) is 16.8. The Morgan fingerprint density at radius 1 is 1.03 bits per heavy atom. The van der Waals surface area contributed by atoms with Crippen molar-refractivity contribution < 1.29 is 18.0 Å². The molecule has 7 heteroatoms. The van der Waals surface area contributed by atoms with Crippen LogP contribution in [0.2, 0.25) is 5.02 Å². The third-order valence-corrected chi connectivity index (χ3v) is 6.25. The van der Waals surface area contributed by atoms with Gasteiger partial charge in [-0.15, -0.1) is 0 Å². The molecule has 0 saturated heterocycles. The summed E-state index contributed by atoms with van der Waals surface area (Å²) in [6.45, 7) is 0. The summed E-state index contributed by atoms with van der Waals surface area (Å²) in [5.74, 6) is 0.405. The standard InChI is InChI=1S/C24H22ClF3N2O/c25-17-8-10-18(11-9-17)30-22(31)14-15-4-6-16(7-5-15)19-12-13-29-23-20(19)2-1-3-21(23)24(26,27)28/h1-3,8-13,15-16H,4-7,14H2,(H,30,31)/t15-,16-. The van der Waals surface area contributed by atoms with Crippen molar-refractivity contribution in [3.05, 3.63) is 70.9 Å². The maximum Gasteiger partial charge on any atom is 0.418 e. The molecule has 1 fully saturated rings. The highest BCUT2D eigenvalue weighted by atomic mass is 35.5. The predicted molar refractivity (Wildman–Crippen MR) is 116 cm³/mol. The molecule has 2 aromatic carbocycles. The van der Waals surface area contributed by atoms with Crippen molar-refractivity contribution in [1.82, 2.24) is 4.98 Å². The molecule has 0 unspecified atom stereocenters. The molecule has 0 spiro atoms. The van der Waals surface area contributed by atoms with Crippen molar-refractivity contribution in [2.45, 2.75) is 44.2 Å². The number of nitrogens with one attached hydrogen (secondary N) is 1. The van der Waals surface area contributed by atoms with Crippen LogP contribution in [0.5, 0.6) is 0 Å². The van der Waals surface area contributed by atoms with E-state index in [1.54, 1.807) is 30.3 Å². The maximum atomic E-state index is 13.4.